The molecule has 3 rings (SSSR count). The Morgan fingerprint density at radius 1 is 1.50 bits per heavy atom. The van der Waals surface area contributed by atoms with Crippen molar-refractivity contribution in [2.75, 3.05) is 18.5 Å². The summed E-state index contributed by atoms with van der Waals surface area (Å²) in [5.41, 5.74) is 2.11. The number of aryl methyl sites for hydroxylation is 1. The molecule has 2 heterocycles. The first-order valence-corrected chi connectivity index (χ1v) is 6.98. The molecule has 108 valence electrons. The SMILES string of the molecule is CCOC1CC(O)(CNc2ncnc3cc(C)[nH]c23)C1. The minimum absolute atomic E-state index is 0.185. The highest BCUT2D eigenvalue weighted by Gasteiger charge is 2.43. The number of nitrogens with one attached hydrogen (secondary N) is 2. The predicted octanol–water partition coefficient (Wildman–Crippen LogP) is 1.61. The fraction of sp³-hybridized carbons (Fsp3) is 0.571. The highest BCUT2D eigenvalue weighted by Crippen LogP contribution is 2.34. The van der Waals surface area contributed by atoms with Crippen LogP contribution in [0.3, 0.4) is 0 Å². The molecule has 2 aromatic rings. The zero-order valence-corrected chi connectivity index (χ0v) is 11.8. The van der Waals surface area contributed by atoms with E-state index in [1.165, 1.54) is 6.33 Å². The summed E-state index contributed by atoms with van der Waals surface area (Å²) in [6, 6.07) is 1.98. The normalized spacial score (nSPS) is 25.6. The van der Waals surface area contributed by atoms with E-state index in [2.05, 4.69) is 20.3 Å². The van der Waals surface area contributed by atoms with Crippen molar-refractivity contribution in [3.05, 3.63) is 18.1 Å². The van der Waals surface area contributed by atoms with Gasteiger partial charge in [-0.25, -0.2) is 9.97 Å². The van der Waals surface area contributed by atoms with Crippen LogP contribution in [-0.2, 0) is 4.74 Å². The van der Waals surface area contributed by atoms with E-state index in [1.54, 1.807) is 0 Å². The van der Waals surface area contributed by atoms with E-state index in [0.29, 0.717) is 26.0 Å². The number of hydrogen-bond acceptors (Lipinski definition) is 5. The van der Waals surface area contributed by atoms with Crippen molar-refractivity contribution < 1.29 is 9.84 Å². The van der Waals surface area contributed by atoms with Gasteiger partial charge in [-0.3, -0.25) is 0 Å². The van der Waals surface area contributed by atoms with Crippen molar-refractivity contribution in [2.45, 2.75) is 38.4 Å². The van der Waals surface area contributed by atoms with E-state index in [1.807, 2.05) is 19.9 Å². The average molecular weight is 276 g/mol. The van der Waals surface area contributed by atoms with Crippen LogP contribution in [0.2, 0.25) is 0 Å². The standard InChI is InChI=1S/C14H20N4O2/c1-3-20-10-5-14(19,6-10)7-15-13-12-11(16-8-17-13)4-9(2)18-12/h4,8,10,18-19H,3,5-7H2,1-2H3,(H,15,16,17). The molecular weight excluding hydrogens is 256 g/mol. The van der Waals surface area contributed by atoms with Gasteiger partial charge >= 0.3 is 0 Å². The zero-order chi connectivity index (χ0) is 14.2. The molecule has 1 saturated carbocycles. The first-order chi connectivity index (χ1) is 9.59. The van der Waals surface area contributed by atoms with Crippen LogP contribution in [-0.4, -0.2) is 44.9 Å². The van der Waals surface area contributed by atoms with E-state index < -0.39 is 5.60 Å². The third-order valence-electron chi connectivity index (χ3n) is 3.75. The average Bonchev–Trinajstić information content (AvgIpc) is 2.75. The zero-order valence-electron chi connectivity index (χ0n) is 11.8. The van der Waals surface area contributed by atoms with Gasteiger partial charge in [-0.15, -0.1) is 0 Å². The second kappa shape index (κ2) is 5.03. The van der Waals surface area contributed by atoms with Gasteiger partial charge in [0.1, 0.15) is 11.8 Å². The Bertz CT molecular complexity index is 604. The Morgan fingerprint density at radius 3 is 3.05 bits per heavy atom. The van der Waals surface area contributed by atoms with Gasteiger partial charge in [0.25, 0.3) is 0 Å². The lowest BCUT2D eigenvalue weighted by Crippen LogP contribution is -2.52. The van der Waals surface area contributed by atoms with Gasteiger partial charge < -0.3 is 20.1 Å². The molecule has 2 aromatic heterocycles. The fourth-order valence-corrected chi connectivity index (χ4v) is 2.74. The lowest BCUT2D eigenvalue weighted by atomic mass is 9.77. The number of aliphatic hydroxyl groups is 1. The van der Waals surface area contributed by atoms with Crippen molar-refractivity contribution in [1.82, 2.24) is 15.0 Å². The van der Waals surface area contributed by atoms with Gasteiger partial charge in [0, 0.05) is 31.7 Å². The summed E-state index contributed by atoms with van der Waals surface area (Å²) in [6.45, 7) is 5.13. The first-order valence-electron chi connectivity index (χ1n) is 6.98. The van der Waals surface area contributed by atoms with Crippen molar-refractivity contribution in [1.29, 1.82) is 0 Å². The maximum absolute atomic E-state index is 10.3. The number of nitrogens with zero attached hydrogens (tertiary/aromatic N) is 2. The molecule has 0 spiro atoms. The minimum Gasteiger partial charge on any atom is -0.388 e. The number of rotatable bonds is 5. The van der Waals surface area contributed by atoms with Gasteiger partial charge in [0.05, 0.1) is 17.2 Å². The van der Waals surface area contributed by atoms with E-state index in [4.69, 9.17) is 4.74 Å². The summed E-state index contributed by atoms with van der Waals surface area (Å²) in [5, 5.41) is 13.6. The number of anilines is 1. The van der Waals surface area contributed by atoms with E-state index >= 15 is 0 Å². The molecule has 0 radical (unpaired) electrons. The van der Waals surface area contributed by atoms with Crippen LogP contribution in [0, 0.1) is 6.92 Å². The second-order valence-electron chi connectivity index (χ2n) is 5.50. The Labute approximate surface area is 117 Å². The smallest absolute Gasteiger partial charge is 0.153 e. The molecule has 0 bridgehead atoms. The largest absolute Gasteiger partial charge is 0.388 e. The topological polar surface area (TPSA) is 83.1 Å². The maximum atomic E-state index is 10.3. The number of hydrogen-bond donors (Lipinski definition) is 3. The van der Waals surface area contributed by atoms with Crippen molar-refractivity contribution in [3.8, 4) is 0 Å². The van der Waals surface area contributed by atoms with E-state index in [0.717, 1.165) is 22.5 Å². The third-order valence-corrected chi connectivity index (χ3v) is 3.75. The molecule has 0 unspecified atom stereocenters. The van der Waals surface area contributed by atoms with Crippen LogP contribution in [0.25, 0.3) is 11.0 Å². The number of H-pyrrole nitrogens is 1. The van der Waals surface area contributed by atoms with Crippen LogP contribution in [0.5, 0.6) is 0 Å². The highest BCUT2D eigenvalue weighted by molar-refractivity contribution is 5.86. The highest BCUT2D eigenvalue weighted by atomic mass is 16.5. The lowest BCUT2D eigenvalue weighted by Gasteiger charge is -2.43. The Kier molecular flexibility index (Phi) is 3.35. The van der Waals surface area contributed by atoms with Gasteiger partial charge in [-0.1, -0.05) is 0 Å². The third kappa shape index (κ3) is 2.48. The van der Waals surface area contributed by atoms with Crippen LogP contribution in [0.1, 0.15) is 25.5 Å². The predicted molar refractivity (Wildman–Crippen MR) is 76.7 cm³/mol. The second-order valence-corrected chi connectivity index (χ2v) is 5.50. The number of fused-ring (bicyclic) bond motifs is 1. The van der Waals surface area contributed by atoms with Gasteiger partial charge in [-0.2, -0.15) is 0 Å². The monoisotopic (exact) mass is 276 g/mol. The molecule has 20 heavy (non-hydrogen) atoms. The van der Waals surface area contributed by atoms with Crippen molar-refractivity contribution in [2.24, 2.45) is 0 Å². The lowest BCUT2D eigenvalue weighted by molar-refractivity contribution is -0.129. The number of aromatic amines is 1. The van der Waals surface area contributed by atoms with Crippen LogP contribution in [0.4, 0.5) is 5.82 Å². The molecule has 6 heteroatoms. The maximum Gasteiger partial charge on any atom is 0.153 e. The fourth-order valence-electron chi connectivity index (χ4n) is 2.74. The first kappa shape index (κ1) is 13.3. The minimum atomic E-state index is -0.696. The van der Waals surface area contributed by atoms with Crippen LogP contribution < -0.4 is 5.32 Å². The molecule has 0 aromatic carbocycles. The molecule has 6 nitrogen and oxygen atoms in total. The summed E-state index contributed by atoms with van der Waals surface area (Å²) in [6.07, 6.45) is 3.06. The number of aromatic nitrogens is 3. The van der Waals surface area contributed by atoms with Crippen molar-refractivity contribution >= 4 is 16.9 Å². The summed E-state index contributed by atoms with van der Waals surface area (Å²) in [7, 11) is 0. The summed E-state index contributed by atoms with van der Waals surface area (Å²) >= 11 is 0. The molecule has 1 fully saturated rings. The molecule has 0 aliphatic heterocycles. The molecule has 3 N–H and O–H groups in total. The summed E-state index contributed by atoms with van der Waals surface area (Å²) in [4.78, 5) is 11.7. The van der Waals surface area contributed by atoms with Gasteiger partial charge in [-0.05, 0) is 19.9 Å². The van der Waals surface area contributed by atoms with E-state index in [-0.39, 0.29) is 6.10 Å². The molecular formula is C14H20N4O2. The molecule has 1 aliphatic carbocycles. The summed E-state index contributed by atoms with van der Waals surface area (Å²) in [5.74, 6) is 0.733. The van der Waals surface area contributed by atoms with Crippen molar-refractivity contribution in [3.63, 3.8) is 0 Å². The Balaban J connectivity index is 1.66. The Morgan fingerprint density at radius 2 is 2.30 bits per heavy atom. The van der Waals surface area contributed by atoms with E-state index in [9.17, 15) is 5.11 Å². The summed E-state index contributed by atoms with van der Waals surface area (Å²) < 4.78 is 5.48. The molecule has 1 aliphatic rings. The Hall–Kier alpha value is -1.66. The van der Waals surface area contributed by atoms with Crippen LogP contribution in [0.15, 0.2) is 12.4 Å². The van der Waals surface area contributed by atoms with Crippen LogP contribution >= 0.6 is 0 Å². The quantitative estimate of drug-likeness (QED) is 0.772. The molecule has 0 saturated heterocycles. The van der Waals surface area contributed by atoms with Gasteiger partial charge in [0.2, 0.25) is 0 Å². The van der Waals surface area contributed by atoms with Gasteiger partial charge in [0.15, 0.2) is 5.82 Å². The molecule has 0 atom stereocenters. The number of ether oxygens (including phenoxy) is 1. The molecule has 0 amide bonds.